The van der Waals surface area contributed by atoms with Gasteiger partial charge < -0.3 is 31.3 Å². The molecule has 11 heteroatoms. The van der Waals surface area contributed by atoms with Crippen LogP contribution in [-0.2, 0) is 24.0 Å². The van der Waals surface area contributed by atoms with Gasteiger partial charge in [0.05, 0.1) is 25.1 Å². The summed E-state index contributed by atoms with van der Waals surface area (Å²) in [7, 11) is 0. The minimum absolute atomic E-state index is 0.278. The topological polar surface area (TPSA) is 187 Å². The standard InChI is InChI=1S/C14H21N3O8/c1-6(15)13(23)16-8(3-11(20)21)12(22)7-2-10(19)17(4-7)9(5-18)14(24)25/h6-9,18H,2-5,15H2,1H3,(H,16,23)(H,20,21)(H,24,25)/t6-,7-,8-,9-/m0/s1. The fourth-order valence-corrected chi connectivity index (χ4v) is 2.52. The SMILES string of the molecule is C[C@H](N)C(=O)N[C@@H](CC(=O)O)C(=O)[C@H]1CC(=O)N([C@@H](CO)C(=O)O)C1. The molecule has 11 nitrogen and oxygen atoms in total. The van der Waals surface area contributed by atoms with Crippen LogP contribution >= 0.6 is 0 Å². The average Bonchev–Trinajstić information content (AvgIpc) is 2.87. The first-order valence-corrected chi connectivity index (χ1v) is 7.53. The predicted molar refractivity (Wildman–Crippen MR) is 81.2 cm³/mol. The van der Waals surface area contributed by atoms with Gasteiger partial charge in [0.25, 0.3) is 0 Å². The van der Waals surface area contributed by atoms with Crippen LogP contribution in [0.25, 0.3) is 0 Å². The average molecular weight is 359 g/mol. The van der Waals surface area contributed by atoms with E-state index in [0.717, 1.165) is 4.90 Å². The molecule has 0 saturated carbocycles. The zero-order valence-electron chi connectivity index (χ0n) is 13.5. The van der Waals surface area contributed by atoms with E-state index in [0.29, 0.717) is 0 Å². The number of nitrogens with one attached hydrogen (secondary N) is 1. The third kappa shape index (κ3) is 5.22. The molecular formula is C14H21N3O8. The molecule has 1 fully saturated rings. The fraction of sp³-hybridized carbons (Fsp3) is 0.643. The second-order valence-electron chi connectivity index (χ2n) is 5.83. The van der Waals surface area contributed by atoms with E-state index >= 15 is 0 Å². The van der Waals surface area contributed by atoms with Gasteiger partial charge in [-0.15, -0.1) is 0 Å². The highest BCUT2D eigenvalue weighted by Gasteiger charge is 2.42. The van der Waals surface area contributed by atoms with E-state index in [9.17, 15) is 24.0 Å². The van der Waals surface area contributed by atoms with Gasteiger partial charge in [-0.2, -0.15) is 0 Å². The summed E-state index contributed by atoms with van der Waals surface area (Å²) in [5, 5.41) is 29.2. The number of carboxylic acid groups (broad SMARTS) is 2. The lowest BCUT2D eigenvalue weighted by Crippen LogP contribution is -2.50. The lowest BCUT2D eigenvalue weighted by Gasteiger charge is -2.24. The Kier molecular flexibility index (Phi) is 7.00. The summed E-state index contributed by atoms with van der Waals surface area (Å²) in [6.07, 6.45) is -1.02. The largest absolute Gasteiger partial charge is 0.481 e. The first-order valence-electron chi connectivity index (χ1n) is 7.53. The molecule has 0 unspecified atom stereocenters. The first kappa shape index (κ1) is 20.5. The third-order valence-corrected chi connectivity index (χ3v) is 3.85. The summed E-state index contributed by atoms with van der Waals surface area (Å²) in [4.78, 5) is 58.9. The van der Waals surface area contributed by atoms with Gasteiger partial charge in [0.1, 0.15) is 0 Å². The Morgan fingerprint density at radius 2 is 1.92 bits per heavy atom. The lowest BCUT2D eigenvalue weighted by molar-refractivity contribution is -0.150. The van der Waals surface area contributed by atoms with Crippen molar-refractivity contribution in [3.05, 3.63) is 0 Å². The number of carbonyl (C=O) groups is 5. The number of aliphatic carboxylic acids is 2. The Hall–Kier alpha value is -2.53. The van der Waals surface area contributed by atoms with Crippen molar-refractivity contribution in [2.75, 3.05) is 13.2 Å². The van der Waals surface area contributed by atoms with Gasteiger partial charge in [-0.05, 0) is 6.92 Å². The fourth-order valence-electron chi connectivity index (χ4n) is 2.52. The number of hydrogen-bond donors (Lipinski definition) is 5. The maximum Gasteiger partial charge on any atom is 0.328 e. The van der Waals surface area contributed by atoms with E-state index in [-0.39, 0.29) is 13.0 Å². The summed E-state index contributed by atoms with van der Waals surface area (Å²) in [6.45, 7) is 0.262. The maximum absolute atomic E-state index is 12.5. The van der Waals surface area contributed by atoms with Gasteiger partial charge in [-0.25, -0.2) is 4.79 Å². The molecule has 0 aromatic rings. The number of ketones is 1. The summed E-state index contributed by atoms with van der Waals surface area (Å²) in [5.74, 6) is -5.81. The second kappa shape index (κ2) is 8.53. The molecular weight excluding hydrogens is 338 g/mol. The Morgan fingerprint density at radius 3 is 2.36 bits per heavy atom. The molecule has 4 atom stereocenters. The van der Waals surface area contributed by atoms with Crippen molar-refractivity contribution >= 4 is 29.5 Å². The van der Waals surface area contributed by atoms with E-state index in [4.69, 9.17) is 21.1 Å². The van der Waals surface area contributed by atoms with Crippen LogP contribution in [0.2, 0.25) is 0 Å². The maximum atomic E-state index is 12.5. The molecule has 0 spiro atoms. The van der Waals surface area contributed by atoms with Gasteiger partial charge in [0, 0.05) is 18.9 Å². The van der Waals surface area contributed by atoms with Crippen LogP contribution in [0.4, 0.5) is 0 Å². The highest BCUT2D eigenvalue weighted by Crippen LogP contribution is 2.23. The first-order chi connectivity index (χ1) is 11.6. The summed E-state index contributed by atoms with van der Waals surface area (Å²) in [6, 6.07) is -3.83. The highest BCUT2D eigenvalue weighted by atomic mass is 16.4. The van der Waals surface area contributed by atoms with Gasteiger partial charge >= 0.3 is 11.9 Å². The number of Topliss-reactive ketones (excluding diaryl/α,β-unsaturated/α-hetero) is 1. The number of hydrogen-bond acceptors (Lipinski definition) is 7. The van der Waals surface area contributed by atoms with Crippen LogP contribution in [0.3, 0.4) is 0 Å². The van der Waals surface area contributed by atoms with Gasteiger partial charge in [0.2, 0.25) is 11.8 Å². The van der Waals surface area contributed by atoms with Crippen LogP contribution in [0.1, 0.15) is 19.8 Å². The number of aliphatic hydroxyl groups excluding tert-OH is 1. The molecule has 1 aliphatic heterocycles. The number of likely N-dealkylation sites (tertiary alicyclic amines) is 1. The number of nitrogens with two attached hydrogens (primary N) is 1. The normalized spacial score (nSPS) is 20.7. The molecule has 0 bridgehead atoms. The zero-order chi connectivity index (χ0) is 19.3. The summed E-state index contributed by atoms with van der Waals surface area (Å²) in [5.41, 5.74) is 5.38. The molecule has 6 N–H and O–H groups in total. The molecule has 1 aliphatic rings. The molecule has 0 aromatic carbocycles. The van der Waals surface area contributed by atoms with Crippen molar-refractivity contribution in [2.45, 2.75) is 37.9 Å². The molecule has 0 aliphatic carbocycles. The van der Waals surface area contributed by atoms with E-state index < -0.39 is 66.6 Å². The Balaban J connectivity index is 2.91. The number of aliphatic hydroxyl groups is 1. The summed E-state index contributed by atoms with van der Waals surface area (Å²) < 4.78 is 0. The number of carboxylic acids is 2. The molecule has 1 heterocycles. The highest BCUT2D eigenvalue weighted by molar-refractivity contribution is 5.98. The smallest absolute Gasteiger partial charge is 0.328 e. The van der Waals surface area contributed by atoms with Crippen molar-refractivity contribution in [1.29, 1.82) is 0 Å². The van der Waals surface area contributed by atoms with Crippen LogP contribution in [-0.4, -0.2) is 81.0 Å². The van der Waals surface area contributed by atoms with E-state index in [1.165, 1.54) is 6.92 Å². The second-order valence-corrected chi connectivity index (χ2v) is 5.83. The van der Waals surface area contributed by atoms with Crippen molar-refractivity contribution in [1.82, 2.24) is 10.2 Å². The number of nitrogens with zero attached hydrogens (tertiary/aromatic N) is 1. The van der Waals surface area contributed by atoms with Crippen molar-refractivity contribution in [2.24, 2.45) is 11.7 Å². The lowest BCUT2D eigenvalue weighted by atomic mass is 9.95. The van der Waals surface area contributed by atoms with Crippen LogP contribution in [0, 0.1) is 5.92 Å². The monoisotopic (exact) mass is 359 g/mol. The third-order valence-electron chi connectivity index (χ3n) is 3.85. The van der Waals surface area contributed by atoms with Gasteiger partial charge in [-0.3, -0.25) is 19.2 Å². The van der Waals surface area contributed by atoms with Crippen LogP contribution < -0.4 is 11.1 Å². The van der Waals surface area contributed by atoms with Gasteiger partial charge in [-0.1, -0.05) is 0 Å². The minimum atomic E-state index is -1.48. The number of amides is 2. The Labute approximate surface area is 142 Å². The van der Waals surface area contributed by atoms with E-state index in [1.807, 2.05) is 0 Å². The molecule has 25 heavy (non-hydrogen) atoms. The van der Waals surface area contributed by atoms with E-state index in [1.54, 1.807) is 0 Å². The van der Waals surface area contributed by atoms with Gasteiger partial charge in [0.15, 0.2) is 11.8 Å². The Bertz CT molecular complexity index is 576. The predicted octanol–water partition coefficient (Wildman–Crippen LogP) is -2.84. The molecule has 0 radical (unpaired) electrons. The van der Waals surface area contributed by atoms with Crippen LogP contribution in [0.5, 0.6) is 0 Å². The molecule has 140 valence electrons. The molecule has 0 aromatic heterocycles. The van der Waals surface area contributed by atoms with Crippen molar-refractivity contribution in [3.8, 4) is 0 Å². The number of rotatable bonds is 9. The van der Waals surface area contributed by atoms with Crippen molar-refractivity contribution < 1.29 is 39.3 Å². The molecule has 1 saturated heterocycles. The van der Waals surface area contributed by atoms with Crippen LogP contribution in [0.15, 0.2) is 0 Å². The zero-order valence-corrected chi connectivity index (χ0v) is 13.5. The molecule has 1 rings (SSSR count). The van der Waals surface area contributed by atoms with Crippen molar-refractivity contribution in [3.63, 3.8) is 0 Å². The van der Waals surface area contributed by atoms with E-state index in [2.05, 4.69) is 5.32 Å². The number of carbonyl (C=O) groups excluding carboxylic acids is 3. The summed E-state index contributed by atoms with van der Waals surface area (Å²) >= 11 is 0. The quantitative estimate of drug-likeness (QED) is 0.289. The Morgan fingerprint density at radius 1 is 1.32 bits per heavy atom. The molecule has 2 amide bonds. The minimum Gasteiger partial charge on any atom is -0.481 e.